The van der Waals surface area contributed by atoms with Crippen molar-refractivity contribution in [2.45, 2.75) is 39.2 Å². The summed E-state index contributed by atoms with van der Waals surface area (Å²) in [5.41, 5.74) is 2.54. The van der Waals surface area contributed by atoms with Crippen molar-refractivity contribution in [3.8, 4) is 6.07 Å². The highest BCUT2D eigenvalue weighted by molar-refractivity contribution is 5.28. The second-order valence-corrected chi connectivity index (χ2v) is 4.73. The van der Waals surface area contributed by atoms with Crippen LogP contribution in [-0.2, 0) is 0 Å². The van der Waals surface area contributed by atoms with Crippen LogP contribution in [0.1, 0.15) is 50.3 Å². The van der Waals surface area contributed by atoms with E-state index in [0.29, 0.717) is 5.92 Å². The lowest BCUT2D eigenvalue weighted by atomic mass is 9.90. The minimum Gasteiger partial charge on any atom is -0.312 e. The van der Waals surface area contributed by atoms with E-state index in [4.69, 9.17) is 5.26 Å². The van der Waals surface area contributed by atoms with Crippen molar-refractivity contribution in [2.75, 3.05) is 7.05 Å². The number of hydrogen-bond acceptors (Lipinski definition) is 2. The van der Waals surface area contributed by atoms with Crippen LogP contribution in [0.25, 0.3) is 0 Å². The first-order valence-corrected chi connectivity index (χ1v) is 6.30. The molecule has 0 heterocycles. The van der Waals surface area contributed by atoms with Crippen LogP contribution >= 0.6 is 0 Å². The van der Waals surface area contributed by atoms with Crippen LogP contribution < -0.4 is 5.32 Å². The van der Waals surface area contributed by atoms with E-state index >= 15 is 0 Å². The minimum absolute atomic E-state index is 0.0323. The Hall–Kier alpha value is -1.33. The number of nitrogens with one attached hydrogen (secondary N) is 1. The summed E-state index contributed by atoms with van der Waals surface area (Å²) in [6.45, 7) is 6.43. The summed E-state index contributed by atoms with van der Waals surface area (Å²) in [4.78, 5) is 0. The highest BCUT2D eigenvalue weighted by Crippen LogP contribution is 2.25. The Bertz CT molecular complexity index is 373. The fraction of sp³-hybridized carbons (Fsp3) is 0.533. The maximum atomic E-state index is 9.14. The van der Waals surface area contributed by atoms with Crippen molar-refractivity contribution in [3.63, 3.8) is 0 Å². The number of nitriles is 1. The van der Waals surface area contributed by atoms with Crippen LogP contribution in [0.15, 0.2) is 24.3 Å². The maximum Gasteiger partial charge on any atom is 0.0675 e. The first-order chi connectivity index (χ1) is 8.13. The van der Waals surface area contributed by atoms with Gasteiger partial charge in [-0.3, -0.25) is 0 Å². The molecule has 0 aromatic heterocycles. The molecular weight excluding hydrogens is 208 g/mol. The van der Waals surface area contributed by atoms with Gasteiger partial charge < -0.3 is 5.32 Å². The lowest BCUT2D eigenvalue weighted by Gasteiger charge is -2.21. The van der Waals surface area contributed by atoms with Crippen molar-refractivity contribution in [2.24, 2.45) is 5.92 Å². The molecule has 2 unspecified atom stereocenters. The molecule has 0 saturated carbocycles. The Kier molecular flexibility index (Phi) is 5.18. The molecule has 17 heavy (non-hydrogen) atoms. The molecule has 0 radical (unpaired) electrons. The third-order valence-corrected chi connectivity index (χ3v) is 3.28. The van der Waals surface area contributed by atoms with E-state index in [1.165, 1.54) is 11.1 Å². The molecule has 0 saturated heterocycles. The predicted molar refractivity (Wildman–Crippen MR) is 71.7 cm³/mol. The molecule has 0 amide bonds. The van der Waals surface area contributed by atoms with E-state index < -0.39 is 0 Å². The number of benzene rings is 1. The Morgan fingerprint density at radius 3 is 2.06 bits per heavy atom. The van der Waals surface area contributed by atoms with Gasteiger partial charge in [-0.1, -0.05) is 45.0 Å². The zero-order valence-electron chi connectivity index (χ0n) is 11.2. The van der Waals surface area contributed by atoms with Crippen molar-refractivity contribution in [3.05, 3.63) is 35.4 Å². The van der Waals surface area contributed by atoms with Gasteiger partial charge in [0.25, 0.3) is 0 Å². The molecule has 0 aliphatic heterocycles. The molecule has 0 bridgehead atoms. The van der Waals surface area contributed by atoms with E-state index in [-0.39, 0.29) is 12.0 Å². The number of rotatable bonds is 5. The van der Waals surface area contributed by atoms with Gasteiger partial charge in [0, 0.05) is 6.04 Å². The van der Waals surface area contributed by atoms with Crippen LogP contribution in [0.5, 0.6) is 0 Å². The quantitative estimate of drug-likeness (QED) is 0.838. The molecule has 0 fully saturated rings. The molecule has 1 rings (SSSR count). The molecule has 0 spiro atoms. The third kappa shape index (κ3) is 3.31. The molecule has 2 atom stereocenters. The monoisotopic (exact) mass is 230 g/mol. The van der Waals surface area contributed by atoms with E-state index in [2.05, 4.69) is 56.4 Å². The van der Waals surface area contributed by atoms with E-state index in [0.717, 1.165) is 6.42 Å². The summed E-state index contributed by atoms with van der Waals surface area (Å²) in [7, 11) is 1.92. The molecule has 0 aliphatic carbocycles. The number of nitrogens with zero attached hydrogens (tertiary/aromatic N) is 1. The second kappa shape index (κ2) is 6.42. The lowest BCUT2D eigenvalue weighted by Crippen LogP contribution is -2.24. The minimum atomic E-state index is 0.0323. The Morgan fingerprint density at radius 2 is 1.71 bits per heavy atom. The van der Waals surface area contributed by atoms with Gasteiger partial charge in [-0.2, -0.15) is 5.26 Å². The molecule has 1 aromatic carbocycles. The van der Waals surface area contributed by atoms with Crippen LogP contribution in [0.2, 0.25) is 0 Å². The molecule has 2 heteroatoms. The largest absolute Gasteiger partial charge is 0.312 e. The van der Waals surface area contributed by atoms with Gasteiger partial charge in [0.1, 0.15) is 0 Å². The zero-order chi connectivity index (χ0) is 12.8. The molecule has 1 aromatic rings. The van der Waals surface area contributed by atoms with E-state index in [1.807, 2.05) is 7.05 Å². The maximum absolute atomic E-state index is 9.14. The average Bonchev–Trinajstić information content (AvgIpc) is 2.36. The van der Waals surface area contributed by atoms with Crippen LogP contribution in [0.4, 0.5) is 0 Å². The van der Waals surface area contributed by atoms with Crippen LogP contribution in [-0.4, -0.2) is 7.05 Å². The first-order valence-electron chi connectivity index (χ1n) is 6.30. The molecule has 1 N–H and O–H groups in total. The van der Waals surface area contributed by atoms with Crippen molar-refractivity contribution >= 4 is 0 Å². The van der Waals surface area contributed by atoms with Crippen molar-refractivity contribution < 1.29 is 0 Å². The lowest BCUT2D eigenvalue weighted by molar-refractivity contribution is 0.449. The van der Waals surface area contributed by atoms with Gasteiger partial charge in [-0.05, 0) is 30.5 Å². The fourth-order valence-electron chi connectivity index (χ4n) is 2.09. The topological polar surface area (TPSA) is 35.8 Å². The van der Waals surface area contributed by atoms with Crippen LogP contribution in [0.3, 0.4) is 0 Å². The summed E-state index contributed by atoms with van der Waals surface area (Å²) in [5, 5.41) is 12.4. The van der Waals surface area contributed by atoms with Gasteiger partial charge in [0.2, 0.25) is 0 Å². The highest BCUT2D eigenvalue weighted by Gasteiger charge is 2.19. The Labute approximate surface area is 105 Å². The smallest absolute Gasteiger partial charge is 0.0675 e. The fourth-order valence-corrected chi connectivity index (χ4v) is 2.09. The van der Waals surface area contributed by atoms with Gasteiger partial charge in [0.05, 0.1) is 12.0 Å². The summed E-state index contributed by atoms with van der Waals surface area (Å²) in [5.74, 6) is 0.583. The molecular formula is C15H22N2. The Balaban J connectivity index is 2.94. The molecule has 0 aliphatic rings. The van der Waals surface area contributed by atoms with Crippen LogP contribution in [0, 0.1) is 17.2 Å². The second-order valence-electron chi connectivity index (χ2n) is 4.73. The predicted octanol–water partition coefficient (Wildman–Crippen LogP) is 3.62. The summed E-state index contributed by atoms with van der Waals surface area (Å²) in [6.07, 6.45) is 0.869. The summed E-state index contributed by atoms with van der Waals surface area (Å²) >= 11 is 0. The van der Waals surface area contributed by atoms with E-state index in [9.17, 15) is 0 Å². The third-order valence-electron chi connectivity index (χ3n) is 3.28. The average molecular weight is 230 g/mol. The Morgan fingerprint density at radius 1 is 1.18 bits per heavy atom. The normalized spacial score (nSPS) is 14.4. The first kappa shape index (κ1) is 13.7. The summed E-state index contributed by atoms with van der Waals surface area (Å²) < 4.78 is 0. The zero-order valence-corrected chi connectivity index (χ0v) is 11.2. The molecule has 92 valence electrons. The van der Waals surface area contributed by atoms with Crippen molar-refractivity contribution in [1.82, 2.24) is 5.32 Å². The SMILES string of the molecule is CCC(C#N)C(NC)c1ccc(C(C)C)cc1. The van der Waals surface area contributed by atoms with Gasteiger partial charge in [-0.15, -0.1) is 0 Å². The standard InChI is InChI=1S/C15H22N2/c1-5-12(10-16)15(17-4)14-8-6-13(7-9-14)11(2)3/h6-9,11-12,15,17H,5H2,1-4H3. The van der Waals surface area contributed by atoms with Crippen molar-refractivity contribution in [1.29, 1.82) is 5.26 Å². The van der Waals surface area contributed by atoms with Gasteiger partial charge >= 0.3 is 0 Å². The van der Waals surface area contributed by atoms with E-state index in [1.54, 1.807) is 0 Å². The highest BCUT2D eigenvalue weighted by atomic mass is 14.9. The van der Waals surface area contributed by atoms with Gasteiger partial charge in [0.15, 0.2) is 0 Å². The summed E-state index contributed by atoms with van der Waals surface area (Å²) in [6, 6.07) is 11.1. The molecule has 2 nitrogen and oxygen atoms in total. The number of hydrogen-bond donors (Lipinski definition) is 1. The van der Waals surface area contributed by atoms with Gasteiger partial charge in [-0.25, -0.2) is 0 Å².